The maximum absolute atomic E-state index is 13.1. The van der Waals surface area contributed by atoms with E-state index in [4.69, 9.17) is 0 Å². The minimum absolute atomic E-state index is 0.151. The van der Waals surface area contributed by atoms with Crippen molar-refractivity contribution < 1.29 is 4.39 Å². The molecule has 1 heterocycles. The maximum Gasteiger partial charge on any atom is 0.125 e. The summed E-state index contributed by atoms with van der Waals surface area (Å²) in [7, 11) is 0. The molecule has 93 valence electrons. The van der Waals surface area contributed by atoms with Crippen molar-refractivity contribution in [1.29, 1.82) is 0 Å². The number of benzene rings is 1. The lowest BCUT2D eigenvalue weighted by atomic mass is 10.2. The molecular weight excluding hydrogens is 215 g/mol. The van der Waals surface area contributed by atoms with Crippen LogP contribution in [0.4, 0.5) is 10.1 Å². The van der Waals surface area contributed by atoms with E-state index in [2.05, 4.69) is 16.7 Å². The molecule has 1 aliphatic heterocycles. The van der Waals surface area contributed by atoms with Crippen LogP contribution in [0.1, 0.15) is 12.8 Å². The predicted molar refractivity (Wildman–Crippen MR) is 69.6 cm³/mol. The van der Waals surface area contributed by atoms with Gasteiger partial charge in [0.15, 0.2) is 0 Å². The van der Waals surface area contributed by atoms with Gasteiger partial charge in [-0.25, -0.2) is 4.39 Å². The van der Waals surface area contributed by atoms with Gasteiger partial charge in [0.05, 0.1) is 0 Å². The number of rotatable bonds is 4. The van der Waals surface area contributed by atoms with Gasteiger partial charge in [-0.15, -0.1) is 0 Å². The zero-order valence-corrected chi connectivity index (χ0v) is 10.2. The number of hydrogen-bond acceptors (Lipinski definition) is 2. The van der Waals surface area contributed by atoms with Crippen LogP contribution in [0.5, 0.6) is 0 Å². The van der Waals surface area contributed by atoms with Gasteiger partial charge in [-0.3, -0.25) is 4.90 Å². The van der Waals surface area contributed by atoms with E-state index in [-0.39, 0.29) is 5.82 Å². The predicted octanol–water partition coefficient (Wildman–Crippen LogP) is 2.56. The van der Waals surface area contributed by atoms with Crippen molar-refractivity contribution in [1.82, 2.24) is 4.90 Å². The van der Waals surface area contributed by atoms with Crippen molar-refractivity contribution in [2.45, 2.75) is 12.8 Å². The molecule has 0 spiro atoms. The summed E-state index contributed by atoms with van der Waals surface area (Å²) in [6.45, 7) is 9.11. The lowest BCUT2D eigenvalue weighted by molar-refractivity contribution is 0.255. The third-order valence-corrected chi connectivity index (χ3v) is 3.27. The summed E-state index contributed by atoms with van der Waals surface area (Å²) in [5.74, 6) is -0.151. The molecule has 0 amide bonds. The second-order valence-electron chi connectivity index (χ2n) is 4.52. The zero-order chi connectivity index (χ0) is 12.1. The quantitative estimate of drug-likeness (QED) is 0.791. The number of piperazine rings is 1. The maximum atomic E-state index is 13.1. The minimum Gasteiger partial charge on any atom is -0.369 e. The summed E-state index contributed by atoms with van der Waals surface area (Å²) in [4.78, 5) is 4.71. The molecule has 1 radical (unpaired) electrons. The molecule has 17 heavy (non-hydrogen) atoms. The SMILES string of the molecule is [CH2]CCCN1CCN(c2cccc(F)c2)CC1. The van der Waals surface area contributed by atoms with Gasteiger partial charge in [-0.2, -0.15) is 0 Å². The highest BCUT2D eigenvalue weighted by Gasteiger charge is 2.16. The van der Waals surface area contributed by atoms with Crippen molar-refractivity contribution in [3.05, 3.63) is 37.0 Å². The first-order valence-electron chi connectivity index (χ1n) is 6.32. The third kappa shape index (κ3) is 3.43. The molecule has 0 aliphatic carbocycles. The molecule has 1 saturated heterocycles. The molecule has 1 aromatic rings. The Balaban J connectivity index is 1.86. The van der Waals surface area contributed by atoms with E-state index < -0.39 is 0 Å². The Hall–Kier alpha value is -1.09. The highest BCUT2D eigenvalue weighted by molar-refractivity contribution is 5.46. The Morgan fingerprint density at radius 2 is 1.94 bits per heavy atom. The average molecular weight is 235 g/mol. The molecule has 2 nitrogen and oxygen atoms in total. The Bertz CT molecular complexity index is 346. The van der Waals surface area contributed by atoms with Gasteiger partial charge in [-0.1, -0.05) is 19.4 Å². The van der Waals surface area contributed by atoms with Gasteiger partial charge in [0, 0.05) is 31.9 Å². The van der Waals surface area contributed by atoms with Crippen molar-refractivity contribution in [2.75, 3.05) is 37.6 Å². The largest absolute Gasteiger partial charge is 0.369 e. The molecule has 0 saturated carbocycles. The molecule has 0 aromatic heterocycles. The lowest BCUT2D eigenvalue weighted by Crippen LogP contribution is -2.46. The first kappa shape index (κ1) is 12.4. The fraction of sp³-hybridized carbons (Fsp3) is 0.500. The second-order valence-corrected chi connectivity index (χ2v) is 4.52. The zero-order valence-electron chi connectivity index (χ0n) is 10.2. The molecule has 1 aromatic carbocycles. The Kier molecular flexibility index (Phi) is 4.37. The van der Waals surface area contributed by atoms with E-state index in [0.29, 0.717) is 0 Å². The first-order chi connectivity index (χ1) is 8.29. The van der Waals surface area contributed by atoms with Crippen LogP contribution in [-0.4, -0.2) is 37.6 Å². The second kappa shape index (κ2) is 6.01. The van der Waals surface area contributed by atoms with E-state index in [9.17, 15) is 4.39 Å². The van der Waals surface area contributed by atoms with Gasteiger partial charge in [0.1, 0.15) is 5.82 Å². The first-order valence-corrected chi connectivity index (χ1v) is 6.32. The van der Waals surface area contributed by atoms with E-state index in [1.165, 1.54) is 12.5 Å². The van der Waals surface area contributed by atoms with Crippen LogP contribution in [0.15, 0.2) is 24.3 Å². The highest BCUT2D eigenvalue weighted by Crippen LogP contribution is 2.17. The van der Waals surface area contributed by atoms with Gasteiger partial charge in [0.25, 0.3) is 0 Å². The summed E-state index contributed by atoms with van der Waals surface area (Å²) in [6.07, 6.45) is 2.17. The molecule has 0 N–H and O–H groups in total. The number of nitrogens with zero attached hydrogens (tertiary/aromatic N) is 2. The monoisotopic (exact) mass is 235 g/mol. The molecule has 1 fully saturated rings. The van der Waals surface area contributed by atoms with Gasteiger partial charge >= 0.3 is 0 Å². The topological polar surface area (TPSA) is 6.48 Å². The van der Waals surface area contributed by atoms with Crippen molar-refractivity contribution >= 4 is 5.69 Å². The molecule has 0 bridgehead atoms. The van der Waals surface area contributed by atoms with Crippen molar-refractivity contribution in [2.24, 2.45) is 0 Å². The molecular formula is C14H20FN2. The molecule has 0 unspecified atom stereocenters. The van der Waals surface area contributed by atoms with Crippen LogP contribution in [-0.2, 0) is 0 Å². The summed E-state index contributed by atoms with van der Waals surface area (Å²) in [6, 6.07) is 6.87. The van der Waals surface area contributed by atoms with Crippen LogP contribution in [0.2, 0.25) is 0 Å². The average Bonchev–Trinajstić information content (AvgIpc) is 2.37. The van der Waals surface area contributed by atoms with Crippen LogP contribution in [0.3, 0.4) is 0 Å². The van der Waals surface area contributed by atoms with Gasteiger partial charge in [-0.05, 0) is 31.2 Å². The standard InChI is InChI=1S/C14H20FN2/c1-2-3-7-16-8-10-17(11-9-16)14-6-4-5-13(15)12-14/h4-6,12H,1-3,7-11H2. The van der Waals surface area contributed by atoms with E-state index in [0.717, 1.165) is 44.8 Å². The highest BCUT2D eigenvalue weighted by atomic mass is 19.1. The van der Waals surface area contributed by atoms with Crippen molar-refractivity contribution in [3.8, 4) is 0 Å². The Labute approximate surface area is 103 Å². The summed E-state index contributed by atoms with van der Waals surface area (Å²) >= 11 is 0. The molecule has 3 heteroatoms. The third-order valence-electron chi connectivity index (χ3n) is 3.27. The van der Waals surface area contributed by atoms with Crippen molar-refractivity contribution in [3.63, 3.8) is 0 Å². The number of anilines is 1. The lowest BCUT2D eigenvalue weighted by Gasteiger charge is -2.36. The molecule has 1 aliphatic rings. The minimum atomic E-state index is -0.151. The normalized spacial score (nSPS) is 17.4. The fourth-order valence-electron chi connectivity index (χ4n) is 2.24. The van der Waals surface area contributed by atoms with E-state index >= 15 is 0 Å². The Morgan fingerprint density at radius 1 is 1.18 bits per heavy atom. The fourth-order valence-corrected chi connectivity index (χ4v) is 2.24. The summed E-state index contributed by atoms with van der Waals surface area (Å²) in [5, 5.41) is 0. The smallest absolute Gasteiger partial charge is 0.125 e. The summed E-state index contributed by atoms with van der Waals surface area (Å²) < 4.78 is 13.1. The number of hydrogen-bond donors (Lipinski definition) is 0. The molecule has 0 atom stereocenters. The molecule has 2 rings (SSSR count). The van der Waals surface area contributed by atoms with Crippen LogP contribution < -0.4 is 4.90 Å². The van der Waals surface area contributed by atoms with Gasteiger partial charge < -0.3 is 4.90 Å². The van der Waals surface area contributed by atoms with Crippen LogP contribution >= 0.6 is 0 Å². The number of halogens is 1. The van der Waals surface area contributed by atoms with Crippen LogP contribution in [0, 0.1) is 12.7 Å². The Morgan fingerprint density at radius 3 is 2.59 bits per heavy atom. The van der Waals surface area contributed by atoms with E-state index in [1.807, 2.05) is 6.07 Å². The van der Waals surface area contributed by atoms with Gasteiger partial charge in [0.2, 0.25) is 0 Å². The number of unbranched alkanes of at least 4 members (excludes halogenated alkanes) is 1. The van der Waals surface area contributed by atoms with Crippen LogP contribution in [0.25, 0.3) is 0 Å². The summed E-state index contributed by atoms with van der Waals surface area (Å²) in [5.41, 5.74) is 1.00. The van der Waals surface area contributed by atoms with E-state index in [1.54, 1.807) is 12.1 Å².